The fourth-order valence-electron chi connectivity index (χ4n) is 3.05. The van der Waals surface area contributed by atoms with Gasteiger partial charge in [-0.05, 0) is 28.7 Å². The molecule has 0 amide bonds. The lowest BCUT2D eigenvalue weighted by Crippen LogP contribution is -2.03. The van der Waals surface area contributed by atoms with Gasteiger partial charge in [-0.3, -0.25) is 0 Å². The summed E-state index contributed by atoms with van der Waals surface area (Å²) in [4.78, 5) is 0. The Hall–Kier alpha value is -1.70. The molecular formula is C16H14F2. The summed E-state index contributed by atoms with van der Waals surface area (Å²) in [6.07, 6.45) is 3.93. The minimum Gasteiger partial charge on any atom is -0.205 e. The van der Waals surface area contributed by atoms with E-state index >= 15 is 0 Å². The SMILES string of the molecule is C=CC1=C(C=C)C2C(c3ccccc3C1)C2(F)F. The summed E-state index contributed by atoms with van der Waals surface area (Å²) in [6.45, 7) is 7.44. The highest BCUT2D eigenvalue weighted by atomic mass is 19.3. The molecule has 0 aromatic heterocycles. The van der Waals surface area contributed by atoms with Crippen molar-refractivity contribution in [3.8, 4) is 0 Å². The van der Waals surface area contributed by atoms with Crippen LogP contribution in [0.25, 0.3) is 0 Å². The van der Waals surface area contributed by atoms with Crippen molar-refractivity contribution in [1.82, 2.24) is 0 Å². The van der Waals surface area contributed by atoms with Crippen molar-refractivity contribution in [1.29, 1.82) is 0 Å². The quantitative estimate of drug-likeness (QED) is 0.729. The van der Waals surface area contributed by atoms with Crippen LogP contribution in [0.15, 0.2) is 60.7 Å². The second-order valence-corrected chi connectivity index (χ2v) is 4.89. The molecule has 2 unspecified atom stereocenters. The number of alkyl halides is 2. The summed E-state index contributed by atoms with van der Waals surface area (Å²) in [5, 5.41) is 0. The smallest absolute Gasteiger partial charge is 0.205 e. The largest absolute Gasteiger partial charge is 0.263 e. The topological polar surface area (TPSA) is 0 Å². The van der Waals surface area contributed by atoms with Crippen molar-refractivity contribution >= 4 is 0 Å². The van der Waals surface area contributed by atoms with Crippen LogP contribution in [-0.2, 0) is 6.42 Å². The zero-order valence-corrected chi connectivity index (χ0v) is 10.00. The Morgan fingerprint density at radius 3 is 2.50 bits per heavy atom. The Morgan fingerprint density at radius 2 is 1.83 bits per heavy atom. The van der Waals surface area contributed by atoms with Gasteiger partial charge < -0.3 is 0 Å². The van der Waals surface area contributed by atoms with E-state index in [1.165, 1.54) is 0 Å². The predicted octanol–water partition coefficient (Wildman–Crippen LogP) is 4.26. The summed E-state index contributed by atoms with van der Waals surface area (Å²) in [7, 11) is 0. The van der Waals surface area contributed by atoms with Crippen molar-refractivity contribution < 1.29 is 8.78 Å². The van der Waals surface area contributed by atoms with Gasteiger partial charge in [-0.25, -0.2) is 8.78 Å². The molecule has 0 spiro atoms. The molecule has 1 aromatic carbocycles. The number of halogens is 2. The van der Waals surface area contributed by atoms with Gasteiger partial charge in [0.05, 0.1) is 11.8 Å². The van der Waals surface area contributed by atoms with Gasteiger partial charge in [0.25, 0.3) is 5.92 Å². The Morgan fingerprint density at radius 1 is 1.11 bits per heavy atom. The van der Waals surface area contributed by atoms with Gasteiger partial charge in [0.1, 0.15) is 0 Å². The maximum absolute atomic E-state index is 14.0. The monoisotopic (exact) mass is 244 g/mol. The first kappa shape index (κ1) is 11.4. The Bertz CT molecular complexity index is 566. The Balaban J connectivity index is 2.21. The number of rotatable bonds is 2. The molecule has 0 bridgehead atoms. The molecular weight excluding hydrogens is 230 g/mol. The minimum absolute atomic E-state index is 0.663. The summed E-state index contributed by atoms with van der Waals surface area (Å²) in [6, 6.07) is 7.47. The zero-order valence-electron chi connectivity index (χ0n) is 10.00. The van der Waals surface area contributed by atoms with Gasteiger partial charge in [-0.15, -0.1) is 0 Å². The van der Waals surface area contributed by atoms with Gasteiger partial charge in [0.2, 0.25) is 0 Å². The third-order valence-electron chi connectivity index (χ3n) is 4.00. The average Bonchev–Trinajstić information content (AvgIpc) is 2.97. The highest BCUT2D eigenvalue weighted by Gasteiger charge is 2.70. The Labute approximate surface area is 105 Å². The van der Waals surface area contributed by atoms with E-state index in [0.29, 0.717) is 12.0 Å². The molecule has 0 nitrogen and oxygen atoms in total. The van der Waals surface area contributed by atoms with Crippen molar-refractivity contribution in [3.63, 3.8) is 0 Å². The highest BCUT2D eigenvalue weighted by Crippen LogP contribution is 2.66. The van der Waals surface area contributed by atoms with Crippen LogP contribution in [0.4, 0.5) is 8.78 Å². The number of fused-ring (bicyclic) bond motifs is 3. The number of hydrogen-bond acceptors (Lipinski definition) is 0. The molecule has 0 aliphatic heterocycles. The maximum atomic E-state index is 14.0. The average molecular weight is 244 g/mol. The predicted molar refractivity (Wildman–Crippen MR) is 68.7 cm³/mol. The molecule has 3 rings (SSSR count). The van der Waals surface area contributed by atoms with Gasteiger partial charge >= 0.3 is 0 Å². The lowest BCUT2D eigenvalue weighted by molar-refractivity contribution is 0.0990. The molecule has 2 aliphatic carbocycles. The normalized spacial score (nSPS) is 27.9. The van der Waals surface area contributed by atoms with Crippen LogP contribution >= 0.6 is 0 Å². The molecule has 1 fully saturated rings. The van der Waals surface area contributed by atoms with Gasteiger partial charge in [0.15, 0.2) is 0 Å². The van der Waals surface area contributed by atoms with E-state index in [-0.39, 0.29) is 0 Å². The molecule has 1 aromatic rings. The minimum atomic E-state index is -2.64. The van der Waals surface area contributed by atoms with Crippen molar-refractivity contribution in [3.05, 3.63) is 71.8 Å². The zero-order chi connectivity index (χ0) is 12.9. The van der Waals surface area contributed by atoms with E-state index in [1.807, 2.05) is 24.3 Å². The first-order valence-electron chi connectivity index (χ1n) is 6.04. The van der Waals surface area contributed by atoms with E-state index in [0.717, 1.165) is 16.7 Å². The van der Waals surface area contributed by atoms with Crippen LogP contribution in [-0.4, -0.2) is 5.92 Å². The van der Waals surface area contributed by atoms with E-state index in [1.54, 1.807) is 12.2 Å². The molecule has 1 saturated carbocycles. The number of hydrogen-bond donors (Lipinski definition) is 0. The van der Waals surface area contributed by atoms with Gasteiger partial charge in [0, 0.05) is 0 Å². The van der Waals surface area contributed by atoms with E-state index < -0.39 is 17.8 Å². The molecule has 0 heterocycles. The fraction of sp³-hybridized carbons (Fsp3) is 0.250. The summed E-state index contributed by atoms with van der Waals surface area (Å²) in [5.74, 6) is -4.04. The van der Waals surface area contributed by atoms with Crippen LogP contribution in [0, 0.1) is 5.92 Å². The first-order chi connectivity index (χ1) is 8.61. The van der Waals surface area contributed by atoms with Gasteiger partial charge in [-0.1, -0.05) is 49.6 Å². The van der Waals surface area contributed by atoms with E-state index in [9.17, 15) is 8.78 Å². The standard InChI is InChI=1S/C16H14F2/c1-3-10-9-11-7-5-6-8-13(11)15-14(12(10)4-2)16(15,17)18/h3-8,14-15H,1-2,9H2. The molecule has 92 valence electrons. The molecule has 0 radical (unpaired) electrons. The lowest BCUT2D eigenvalue weighted by Gasteiger charge is -2.10. The Kier molecular flexibility index (Phi) is 2.31. The molecule has 0 saturated heterocycles. The maximum Gasteiger partial charge on any atom is 0.263 e. The molecule has 2 atom stereocenters. The summed E-state index contributed by atoms with van der Waals surface area (Å²) < 4.78 is 28.0. The molecule has 18 heavy (non-hydrogen) atoms. The van der Waals surface area contributed by atoms with Crippen LogP contribution in [0.1, 0.15) is 17.0 Å². The fourth-order valence-corrected chi connectivity index (χ4v) is 3.05. The van der Waals surface area contributed by atoms with Gasteiger partial charge in [-0.2, -0.15) is 0 Å². The number of allylic oxidation sites excluding steroid dienone is 4. The van der Waals surface area contributed by atoms with Crippen LogP contribution in [0.2, 0.25) is 0 Å². The molecule has 2 heteroatoms. The van der Waals surface area contributed by atoms with Crippen molar-refractivity contribution in [2.45, 2.75) is 18.3 Å². The van der Waals surface area contributed by atoms with Crippen LogP contribution in [0.3, 0.4) is 0 Å². The molecule has 0 N–H and O–H groups in total. The van der Waals surface area contributed by atoms with Crippen LogP contribution < -0.4 is 0 Å². The van der Waals surface area contributed by atoms with Crippen molar-refractivity contribution in [2.24, 2.45) is 5.92 Å². The summed E-state index contributed by atoms with van der Waals surface area (Å²) >= 11 is 0. The third-order valence-corrected chi connectivity index (χ3v) is 4.00. The highest BCUT2D eigenvalue weighted by molar-refractivity contribution is 5.53. The van der Waals surface area contributed by atoms with Crippen LogP contribution in [0.5, 0.6) is 0 Å². The second kappa shape index (κ2) is 3.64. The second-order valence-electron chi connectivity index (χ2n) is 4.89. The third kappa shape index (κ3) is 1.35. The molecule has 2 aliphatic rings. The van der Waals surface area contributed by atoms with Crippen molar-refractivity contribution in [2.75, 3.05) is 0 Å². The number of benzene rings is 1. The van der Waals surface area contributed by atoms with E-state index in [2.05, 4.69) is 13.2 Å². The first-order valence-corrected chi connectivity index (χ1v) is 6.04. The summed E-state index contributed by atoms with van der Waals surface area (Å²) in [5.41, 5.74) is 3.30. The lowest BCUT2D eigenvalue weighted by atomic mass is 9.97. The van der Waals surface area contributed by atoms with E-state index in [4.69, 9.17) is 0 Å².